The SMILES string of the molecule is CN1CCC23C=CC(O)CC2Oc2c(O)ccc(c23)C1. The molecule has 1 aliphatic carbocycles. The summed E-state index contributed by atoms with van der Waals surface area (Å²) >= 11 is 0. The van der Waals surface area contributed by atoms with E-state index in [-0.39, 0.29) is 17.3 Å². The average Bonchev–Trinajstić information content (AvgIpc) is 2.68. The lowest BCUT2D eigenvalue weighted by Gasteiger charge is -2.35. The molecule has 0 saturated carbocycles. The first-order valence-electron chi connectivity index (χ1n) is 7.18. The van der Waals surface area contributed by atoms with Gasteiger partial charge in [-0.2, -0.15) is 0 Å². The summed E-state index contributed by atoms with van der Waals surface area (Å²) in [6.07, 6.45) is 5.02. The summed E-state index contributed by atoms with van der Waals surface area (Å²) in [5.74, 6) is 0.839. The van der Waals surface area contributed by atoms with Crippen LogP contribution in [0.4, 0.5) is 0 Å². The van der Waals surface area contributed by atoms with Gasteiger partial charge >= 0.3 is 0 Å². The predicted octanol–water partition coefficient (Wildman–Crippen LogP) is 1.55. The van der Waals surface area contributed by atoms with E-state index in [9.17, 15) is 10.2 Å². The van der Waals surface area contributed by atoms with Crippen molar-refractivity contribution in [1.29, 1.82) is 0 Å². The van der Waals surface area contributed by atoms with Crippen molar-refractivity contribution in [2.24, 2.45) is 0 Å². The molecule has 0 bridgehead atoms. The van der Waals surface area contributed by atoms with E-state index in [0.717, 1.165) is 25.1 Å². The lowest BCUT2D eigenvalue weighted by Crippen LogP contribution is -2.42. The summed E-state index contributed by atoms with van der Waals surface area (Å²) < 4.78 is 6.04. The van der Waals surface area contributed by atoms with Crippen molar-refractivity contribution in [2.45, 2.75) is 37.0 Å². The van der Waals surface area contributed by atoms with Crippen molar-refractivity contribution in [2.75, 3.05) is 13.6 Å². The molecule has 3 unspecified atom stereocenters. The van der Waals surface area contributed by atoms with Gasteiger partial charge in [0.05, 0.1) is 11.5 Å². The van der Waals surface area contributed by atoms with Gasteiger partial charge in [0.25, 0.3) is 0 Å². The standard InChI is InChI=1S/C16H19NO3/c1-17-7-6-16-5-4-11(18)8-13(16)20-15-12(19)3-2-10(9-17)14(15)16/h2-5,11,13,18-19H,6-9H2,1H3. The Morgan fingerprint density at radius 1 is 1.40 bits per heavy atom. The molecule has 0 fully saturated rings. The fourth-order valence-corrected chi connectivity index (χ4v) is 3.93. The Hall–Kier alpha value is -1.52. The zero-order valence-corrected chi connectivity index (χ0v) is 11.5. The molecule has 4 nitrogen and oxygen atoms in total. The maximum atomic E-state index is 10.1. The van der Waals surface area contributed by atoms with Crippen LogP contribution < -0.4 is 4.74 Å². The van der Waals surface area contributed by atoms with E-state index < -0.39 is 6.10 Å². The van der Waals surface area contributed by atoms with Gasteiger partial charge in [-0.15, -0.1) is 0 Å². The third kappa shape index (κ3) is 1.49. The molecule has 2 N–H and O–H groups in total. The van der Waals surface area contributed by atoms with Gasteiger partial charge < -0.3 is 19.8 Å². The largest absolute Gasteiger partial charge is 0.504 e. The van der Waals surface area contributed by atoms with Crippen LogP contribution in [0.2, 0.25) is 0 Å². The number of phenolic OH excluding ortho intramolecular Hbond substituents is 1. The van der Waals surface area contributed by atoms with Gasteiger partial charge in [0.1, 0.15) is 6.10 Å². The number of ether oxygens (including phenoxy) is 1. The molecule has 1 aromatic carbocycles. The zero-order valence-electron chi connectivity index (χ0n) is 11.5. The van der Waals surface area contributed by atoms with Crippen LogP contribution in [0, 0.1) is 0 Å². The first-order valence-corrected chi connectivity index (χ1v) is 7.18. The quantitative estimate of drug-likeness (QED) is 0.704. The van der Waals surface area contributed by atoms with Crippen molar-refractivity contribution < 1.29 is 14.9 Å². The van der Waals surface area contributed by atoms with Gasteiger partial charge in [0.15, 0.2) is 11.5 Å². The normalized spacial score (nSPS) is 35.1. The third-order valence-electron chi connectivity index (χ3n) is 4.94. The molecule has 1 aromatic rings. The molecule has 1 spiro atoms. The van der Waals surface area contributed by atoms with Crippen molar-refractivity contribution in [1.82, 2.24) is 4.90 Å². The number of aliphatic hydroxyl groups excluding tert-OH is 1. The second-order valence-electron chi connectivity index (χ2n) is 6.24. The number of aliphatic hydroxyl groups is 1. The van der Waals surface area contributed by atoms with Crippen LogP contribution in [0.3, 0.4) is 0 Å². The molecule has 20 heavy (non-hydrogen) atoms. The van der Waals surface area contributed by atoms with Gasteiger partial charge in [-0.1, -0.05) is 18.2 Å². The summed E-state index contributed by atoms with van der Waals surface area (Å²) in [6, 6.07) is 3.72. The Kier molecular flexibility index (Phi) is 2.44. The Morgan fingerprint density at radius 3 is 3.10 bits per heavy atom. The highest BCUT2D eigenvalue weighted by Gasteiger charge is 2.52. The van der Waals surface area contributed by atoms with Crippen molar-refractivity contribution in [3.8, 4) is 11.5 Å². The highest BCUT2D eigenvalue weighted by atomic mass is 16.5. The van der Waals surface area contributed by atoms with Gasteiger partial charge in [0, 0.05) is 18.5 Å². The van der Waals surface area contributed by atoms with Crippen molar-refractivity contribution >= 4 is 0 Å². The minimum absolute atomic E-state index is 0.0731. The van der Waals surface area contributed by atoms with Crippen LogP contribution in [0.1, 0.15) is 24.0 Å². The summed E-state index contributed by atoms with van der Waals surface area (Å²) in [4.78, 5) is 2.30. The Labute approximate surface area is 118 Å². The lowest BCUT2D eigenvalue weighted by atomic mass is 9.69. The minimum atomic E-state index is -0.452. The van der Waals surface area contributed by atoms with E-state index in [1.807, 2.05) is 12.1 Å². The summed E-state index contributed by atoms with van der Waals surface area (Å²) in [5, 5.41) is 20.0. The van der Waals surface area contributed by atoms with E-state index >= 15 is 0 Å². The second kappa shape index (κ2) is 3.99. The third-order valence-corrected chi connectivity index (χ3v) is 4.94. The summed E-state index contributed by atoms with van der Waals surface area (Å²) in [7, 11) is 2.12. The molecule has 0 amide bonds. The van der Waals surface area contributed by atoms with Gasteiger partial charge in [-0.3, -0.25) is 0 Å². The Morgan fingerprint density at radius 2 is 2.25 bits per heavy atom. The maximum absolute atomic E-state index is 10.1. The van der Waals surface area contributed by atoms with Crippen LogP contribution in [0.25, 0.3) is 0 Å². The monoisotopic (exact) mass is 273 g/mol. The first kappa shape index (κ1) is 12.2. The summed E-state index contributed by atoms with van der Waals surface area (Å²) in [6.45, 7) is 1.85. The molecular weight excluding hydrogens is 254 g/mol. The Balaban J connectivity index is 1.96. The molecule has 0 saturated heterocycles. The van der Waals surface area contributed by atoms with E-state index in [1.54, 1.807) is 6.07 Å². The number of benzene rings is 1. The fraction of sp³-hybridized carbons (Fsp3) is 0.500. The first-order chi connectivity index (χ1) is 9.60. The molecule has 3 atom stereocenters. The van der Waals surface area contributed by atoms with Gasteiger partial charge in [0.2, 0.25) is 0 Å². The minimum Gasteiger partial charge on any atom is -0.504 e. The number of aromatic hydroxyl groups is 1. The number of hydrogen-bond acceptors (Lipinski definition) is 4. The van der Waals surface area contributed by atoms with Gasteiger partial charge in [-0.25, -0.2) is 0 Å². The molecular formula is C16H19NO3. The van der Waals surface area contributed by atoms with E-state index in [0.29, 0.717) is 12.2 Å². The van der Waals surface area contributed by atoms with Crippen LogP contribution >= 0.6 is 0 Å². The molecule has 0 radical (unpaired) electrons. The fourth-order valence-electron chi connectivity index (χ4n) is 3.93. The maximum Gasteiger partial charge on any atom is 0.165 e. The highest BCUT2D eigenvalue weighted by Crippen LogP contribution is 2.55. The molecule has 2 aliphatic heterocycles. The number of nitrogens with zero attached hydrogens (tertiary/aromatic N) is 1. The summed E-state index contributed by atoms with van der Waals surface area (Å²) in [5.41, 5.74) is 2.17. The van der Waals surface area contributed by atoms with Crippen LogP contribution in [-0.2, 0) is 12.0 Å². The number of hydrogen-bond donors (Lipinski definition) is 2. The highest BCUT2D eigenvalue weighted by molar-refractivity contribution is 5.60. The van der Waals surface area contributed by atoms with E-state index in [2.05, 4.69) is 18.0 Å². The zero-order chi connectivity index (χ0) is 13.9. The number of phenols is 1. The van der Waals surface area contributed by atoms with Crippen molar-refractivity contribution in [3.05, 3.63) is 35.4 Å². The van der Waals surface area contributed by atoms with Gasteiger partial charge in [-0.05, 0) is 31.6 Å². The smallest absolute Gasteiger partial charge is 0.165 e. The van der Waals surface area contributed by atoms with E-state index in [1.165, 1.54) is 5.56 Å². The molecule has 4 heteroatoms. The Bertz CT molecular complexity index is 598. The molecule has 4 rings (SSSR count). The molecule has 0 aromatic heterocycles. The van der Waals surface area contributed by atoms with Crippen molar-refractivity contribution in [3.63, 3.8) is 0 Å². The molecule has 3 aliphatic rings. The topological polar surface area (TPSA) is 52.9 Å². The lowest BCUT2D eigenvalue weighted by molar-refractivity contribution is 0.0822. The predicted molar refractivity (Wildman–Crippen MR) is 74.9 cm³/mol. The average molecular weight is 273 g/mol. The van der Waals surface area contributed by atoms with E-state index in [4.69, 9.17) is 4.74 Å². The van der Waals surface area contributed by atoms with Crippen LogP contribution in [0.15, 0.2) is 24.3 Å². The second-order valence-corrected chi connectivity index (χ2v) is 6.24. The van der Waals surface area contributed by atoms with Crippen LogP contribution in [0.5, 0.6) is 11.5 Å². The van der Waals surface area contributed by atoms with Crippen LogP contribution in [-0.4, -0.2) is 40.9 Å². The number of rotatable bonds is 0. The molecule has 2 heterocycles. The molecule has 106 valence electrons.